The lowest BCUT2D eigenvalue weighted by atomic mass is 10.1. The number of rotatable bonds is 3. The summed E-state index contributed by atoms with van der Waals surface area (Å²) in [6.07, 6.45) is 0.542. The van der Waals surface area contributed by atoms with Crippen LogP contribution >= 0.6 is 0 Å². The highest BCUT2D eigenvalue weighted by Gasteiger charge is 2.06. The first-order valence-corrected chi connectivity index (χ1v) is 5.81. The number of fused-ring (bicyclic) bond motifs is 1. The predicted octanol–water partition coefficient (Wildman–Crippen LogP) is 2.86. The minimum absolute atomic E-state index is 0.0515. The van der Waals surface area contributed by atoms with E-state index in [0.29, 0.717) is 12.3 Å². The Bertz CT molecular complexity index is 543. The van der Waals surface area contributed by atoms with Gasteiger partial charge < -0.3 is 10.3 Å². The Labute approximate surface area is 100 Å². The van der Waals surface area contributed by atoms with E-state index in [2.05, 4.69) is 15.3 Å². The van der Waals surface area contributed by atoms with Crippen LogP contribution in [0.1, 0.15) is 26.1 Å². The van der Waals surface area contributed by atoms with Gasteiger partial charge in [0.1, 0.15) is 5.82 Å². The van der Waals surface area contributed by atoms with Gasteiger partial charge in [-0.3, -0.25) is 4.79 Å². The van der Waals surface area contributed by atoms with Crippen molar-refractivity contribution in [2.24, 2.45) is 5.92 Å². The van der Waals surface area contributed by atoms with Crippen LogP contribution in [0.2, 0.25) is 0 Å². The zero-order valence-electron chi connectivity index (χ0n) is 10.4. The molecular weight excluding hydrogens is 214 g/mol. The molecule has 0 atom stereocenters. The van der Waals surface area contributed by atoms with Crippen molar-refractivity contribution in [3.63, 3.8) is 0 Å². The second-order valence-corrected chi connectivity index (χ2v) is 4.70. The topological polar surface area (TPSA) is 57.8 Å². The molecule has 0 unspecified atom stereocenters. The first-order valence-electron chi connectivity index (χ1n) is 5.81. The van der Waals surface area contributed by atoms with Crippen molar-refractivity contribution in [2.75, 3.05) is 5.32 Å². The van der Waals surface area contributed by atoms with Gasteiger partial charge in [0.25, 0.3) is 0 Å². The molecule has 90 valence electrons. The molecule has 0 aliphatic heterocycles. The van der Waals surface area contributed by atoms with E-state index in [4.69, 9.17) is 0 Å². The SMILES string of the molecule is Cc1nc2ccc(NC(=O)CC(C)C)cc2[nH]1. The minimum Gasteiger partial charge on any atom is -0.342 e. The van der Waals surface area contributed by atoms with E-state index >= 15 is 0 Å². The summed E-state index contributed by atoms with van der Waals surface area (Å²) in [5.41, 5.74) is 2.68. The van der Waals surface area contributed by atoms with Crippen LogP contribution in [0.5, 0.6) is 0 Å². The fourth-order valence-corrected chi connectivity index (χ4v) is 1.80. The third kappa shape index (κ3) is 2.84. The molecular formula is C13H17N3O. The fourth-order valence-electron chi connectivity index (χ4n) is 1.80. The summed E-state index contributed by atoms with van der Waals surface area (Å²) in [7, 11) is 0. The quantitative estimate of drug-likeness (QED) is 0.853. The van der Waals surface area contributed by atoms with Crippen LogP contribution < -0.4 is 5.32 Å². The maximum absolute atomic E-state index is 11.6. The lowest BCUT2D eigenvalue weighted by Gasteiger charge is -2.06. The smallest absolute Gasteiger partial charge is 0.224 e. The molecule has 0 fully saturated rings. The van der Waals surface area contributed by atoms with Crippen LogP contribution in [0.3, 0.4) is 0 Å². The third-order valence-electron chi connectivity index (χ3n) is 2.48. The van der Waals surface area contributed by atoms with Crippen molar-refractivity contribution in [1.29, 1.82) is 0 Å². The van der Waals surface area contributed by atoms with Crippen LogP contribution in [0.15, 0.2) is 18.2 Å². The minimum atomic E-state index is 0.0515. The molecule has 2 N–H and O–H groups in total. The fraction of sp³-hybridized carbons (Fsp3) is 0.385. The van der Waals surface area contributed by atoms with E-state index < -0.39 is 0 Å². The summed E-state index contributed by atoms with van der Waals surface area (Å²) < 4.78 is 0. The summed E-state index contributed by atoms with van der Waals surface area (Å²) in [6, 6.07) is 5.69. The average Bonchev–Trinajstić information content (AvgIpc) is 2.55. The van der Waals surface area contributed by atoms with Crippen molar-refractivity contribution >= 4 is 22.6 Å². The van der Waals surface area contributed by atoms with Crippen molar-refractivity contribution in [2.45, 2.75) is 27.2 Å². The number of carbonyl (C=O) groups excluding carboxylic acids is 1. The number of anilines is 1. The first kappa shape index (κ1) is 11.6. The monoisotopic (exact) mass is 231 g/mol. The molecule has 17 heavy (non-hydrogen) atoms. The number of nitrogens with one attached hydrogen (secondary N) is 2. The number of benzene rings is 1. The normalized spacial score (nSPS) is 11.1. The maximum atomic E-state index is 11.6. The van der Waals surface area contributed by atoms with Gasteiger partial charge in [-0.2, -0.15) is 0 Å². The number of aryl methyl sites for hydroxylation is 1. The van der Waals surface area contributed by atoms with Crippen molar-refractivity contribution in [3.05, 3.63) is 24.0 Å². The van der Waals surface area contributed by atoms with E-state index in [9.17, 15) is 4.79 Å². The zero-order chi connectivity index (χ0) is 12.4. The summed E-state index contributed by atoms with van der Waals surface area (Å²) in [4.78, 5) is 19.1. The van der Waals surface area contributed by atoms with Gasteiger partial charge in [-0.1, -0.05) is 13.8 Å². The number of H-pyrrole nitrogens is 1. The highest BCUT2D eigenvalue weighted by atomic mass is 16.1. The highest BCUT2D eigenvalue weighted by Crippen LogP contribution is 2.17. The highest BCUT2D eigenvalue weighted by molar-refractivity contribution is 5.93. The van der Waals surface area contributed by atoms with Gasteiger partial charge >= 0.3 is 0 Å². The molecule has 1 heterocycles. The summed E-state index contributed by atoms with van der Waals surface area (Å²) in [6.45, 7) is 5.97. The van der Waals surface area contributed by atoms with Gasteiger partial charge in [0, 0.05) is 12.1 Å². The standard InChI is InChI=1S/C13H17N3O/c1-8(2)6-13(17)16-10-4-5-11-12(7-10)15-9(3)14-11/h4-5,7-8H,6H2,1-3H3,(H,14,15)(H,16,17). The first-order chi connectivity index (χ1) is 8.04. The number of amides is 1. The second kappa shape index (κ2) is 4.57. The molecule has 0 bridgehead atoms. The van der Waals surface area contributed by atoms with E-state index in [1.54, 1.807) is 0 Å². The Morgan fingerprint density at radius 1 is 1.47 bits per heavy atom. The van der Waals surface area contributed by atoms with Crippen LogP contribution in [0.25, 0.3) is 11.0 Å². The summed E-state index contributed by atoms with van der Waals surface area (Å²) >= 11 is 0. The van der Waals surface area contributed by atoms with Crippen LogP contribution in [0.4, 0.5) is 5.69 Å². The van der Waals surface area contributed by atoms with Crippen LogP contribution in [0, 0.1) is 12.8 Å². The van der Waals surface area contributed by atoms with Crippen molar-refractivity contribution in [1.82, 2.24) is 9.97 Å². The molecule has 4 nitrogen and oxygen atoms in total. The number of nitrogens with zero attached hydrogens (tertiary/aromatic N) is 1. The van der Waals surface area contributed by atoms with Gasteiger partial charge in [-0.05, 0) is 31.0 Å². The second-order valence-electron chi connectivity index (χ2n) is 4.70. The van der Waals surface area contributed by atoms with Crippen LogP contribution in [-0.4, -0.2) is 15.9 Å². The Hall–Kier alpha value is -1.84. The van der Waals surface area contributed by atoms with E-state index in [-0.39, 0.29) is 5.91 Å². The van der Waals surface area contributed by atoms with Gasteiger partial charge in [-0.25, -0.2) is 4.98 Å². The van der Waals surface area contributed by atoms with Gasteiger partial charge in [0.2, 0.25) is 5.91 Å². The molecule has 0 aliphatic carbocycles. The number of imidazole rings is 1. The molecule has 0 aliphatic rings. The number of hydrogen-bond donors (Lipinski definition) is 2. The van der Waals surface area contributed by atoms with Gasteiger partial charge in [0.15, 0.2) is 0 Å². The number of hydrogen-bond acceptors (Lipinski definition) is 2. The average molecular weight is 231 g/mol. The Morgan fingerprint density at radius 3 is 2.94 bits per heavy atom. The molecule has 4 heteroatoms. The lowest BCUT2D eigenvalue weighted by molar-refractivity contribution is -0.116. The maximum Gasteiger partial charge on any atom is 0.224 e. The van der Waals surface area contributed by atoms with Gasteiger partial charge in [-0.15, -0.1) is 0 Å². The lowest BCUT2D eigenvalue weighted by Crippen LogP contribution is -2.13. The molecule has 1 aromatic heterocycles. The molecule has 0 radical (unpaired) electrons. The molecule has 0 saturated heterocycles. The van der Waals surface area contributed by atoms with Crippen LogP contribution in [-0.2, 0) is 4.79 Å². The summed E-state index contributed by atoms with van der Waals surface area (Å²) in [5, 5.41) is 2.89. The Morgan fingerprint density at radius 2 is 2.24 bits per heavy atom. The Kier molecular flexibility index (Phi) is 3.13. The molecule has 1 amide bonds. The number of aromatic nitrogens is 2. The molecule has 0 saturated carbocycles. The van der Waals surface area contributed by atoms with Crippen molar-refractivity contribution in [3.8, 4) is 0 Å². The zero-order valence-corrected chi connectivity index (χ0v) is 10.4. The molecule has 1 aromatic carbocycles. The number of aromatic amines is 1. The van der Waals surface area contributed by atoms with E-state index in [1.807, 2.05) is 39.0 Å². The predicted molar refractivity (Wildman–Crippen MR) is 68.9 cm³/mol. The molecule has 2 aromatic rings. The largest absolute Gasteiger partial charge is 0.342 e. The summed E-state index contributed by atoms with van der Waals surface area (Å²) in [5.74, 6) is 1.30. The number of carbonyl (C=O) groups is 1. The Balaban J connectivity index is 2.16. The van der Waals surface area contributed by atoms with E-state index in [1.165, 1.54) is 0 Å². The molecule has 0 spiro atoms. The van der Waals surface area contributed by atoms with Gasteiger partial charge in [0.05, 0.1) is 11.0 Å². The van der Waals surface area contributed by atoms with Crippen molar-refractivity contribution < 1.29 is 4.79 Å². The molecule has 2 rings (SSSR count). The van der Waals surface area contributed by atoms with E-state index in [0.717, 1.165) is 22.5 Å². The third-order valence-corrected chi connectivity index (χ3v) is 2.48.